The standard InChI is InChI=1S/C24H24O2P.C18H15P.C6H9BrO2.C3H7N.BrH/c1-20(24(25)26-2)18-19-27(21-12-6-3-7-13-21,22-14-8-4-9-15-22)23-16-10-5-11-17-23;1-4-10-16(11-5-1)19(17-12-6-2-7-13-17)18-14-8-3-9-15-18;1-5(3-4-7)6(8)9-2;1-3-4-2;/h3-18H,19H2,1-2H3;1-15H;3H,4H2,1-2H3;3H,1-2H3;1H/q+1;;;;/p-1/b20-18+;;5-3+;;. The van der Waals surface area contributed by atoms with Gasteiger partial charge >= 0.3 is 11.9 Å². The normalized spacial score (nSPS) is 11.0. The summed E-state index contributed by atoms with van der Waals surface area (Å²) in [6.45, 7) is 5.43. The number of allylic oxidation sites excluding steroid dienone is 2. The van der Waals surface area contributed by atoms with Crippen molar-refractivity contribution in [3.8, 4) is 0 Å². The van der Waals surface area contributed by atoms with Gasteiger partial charge in [0.1, 0.15) is 23.2 Å². The highest BCUT2D eigenvalue weighted by atomic mass is 79.9. The predicted octanol–water partition coefficient (Wildman–Crippen LogP) is 6.76. The van der Waals surface area contributed by atoms with Crippen molar-refractivity contribution in [2.24, 2.45) is 4.99 Å². The van der Waals surface area contributed by atoms with Crippen molar-refractivity contribution >= 4 is 81.1 Å². The lowest BCUT2D eigenvalue weighted by molar-refractivity contribution is -0.136. The van der Waals surface area contributed by atoms with E-state index in [0.717, 1.165) is 6.16 Å². The molecule has 0 aromatic heterocycles. The van der Waals surface area contributed by atoms with Gasteiger partial charge in [0.25, 0.3) is 0 Å². The Balaban J connectivity index is 0.000000326. The molecule has 312 valence electrons. The van der Waals surface area contributed by atoms with Gasteiger partial charge in [0, 0.05) is 23.5 Å². The third kappa shape index (κ3) is 16.0. The maximum absolute atomic E-state index is 12.0. The zero-order chi connectivity index (χ0) is 42.7. The first kappa shape index (κ1) is 51.4. The van der Waals surface area contributed by atoms with Crippen LogP contribution in [-0.4, -0.2) is 50.9 Å². The summed E-state index contributed by atoms with van der Waals surface area (Å²) in [5.41, 5.74) is 1.28. The quantitative estimate of drug-likeness (QED) is 0.0474. The monoisotopic (exact) mass is 965 g/mol. The molecule has 0 atom stereocenters. The summed E-state index contributed by atoms with van der Waals surface area (Å²) in [5.74, 6) is -0.545. The topological polar surface area (TPSA) is 65.0 Å². The maximum atomic E-state index is 12.0. The molecule has 0 saturated carbocycles. The fourth-order valence-electron chi connectivity index (χ4n) is 5.87. The molecule has 0 radical (unpaired) electrons. The molecule has 0 amide bonds. The average molecular weight is 968 g/mol. The van der Waals surface area contributed by atoms with Crippen molar-refractivity contribution in [2.45, 2.75) is 20.8 Å². The molecule has 0 aliphatic heterocycles. The Bertz CT molecular complexity index is 1980. The third-order valence-electron chi connectivity index (χ3n) is 8.96. The Hall–Kier alpha value is -4.77. The molecule has 0 N–H and O–H groups in total. The van der Waals surface area contributed by atoms with Gasteiger partial charge in [-0.15, -0.1) is 0 Å². The van der Waals surface area contributed by atoms with Crippen LogP contribution in [0, 0.1) is 0 Å². The van der Waals surface area contributed by atoms with Crippen molar-refractivity contribution in [3.05, 3.63) is 205 Å². The summed E-state index contributed by atoms with van der Waals surface area (Å²) >= 11 is 3.16. The number of benzene rings is 6. The van der Waals surface area contributed by atoms with Gasteiger partial charge in [-0.2, -0.15) is 0 Å². The van der Waals surface area contributed by atoms with Crippen molar-refractivity contribution in [1.82, 2.24) is 0 Å². The number of halogens is 2. The molecule has 0 fully saturated rings. The number of hydrogen-bond donors (Lipinski definition) is 0. The lowest BCUT2D eigenvalue weighted by Crippen LogP contribution is -3.00. The Morgan fingerprint density at radius 2 is 0.817 bits per heavy atom. The van der Waals surface area contributed by atoms with Gasteiger partial charge in [-0.05, 0) is 93.3 Å². The van der Waals surface area contributed by atoms with Crippen LogP contribution in [0.25, 0.3) is 0 Å². The van der Waals surface area contributed by atoms with Crippen LogP contribution in [0.2, 0.25) is 0 Å². The summed E-state index contributed by atoms with van der Waals surface area (Å²) in [4.78, 5) is 26.2. The lowest BCUT2D eigenvalue weighted by Gasteiger charge is -2.26. The highest BCUT2D eigenvalue weighted by Gasteiger charge is 2.44. The van der Waals surface area contributed by atoms with E-state index >= 15 is 0 Å². The van der Waals surface area contributed by atoms with Crippen LogP contribution in [0.15, 0.2) is 210 Å². The fraction of sp³-hybridized carbons (Fsp3) is 0.157. The molecule has 0 aliphatic rings. The van der Waals surface area contributed by atoms with E-state index in [-0.39, 0.29) is 28.9 Å². The Labute approximate surface area is 378 Å². The van der Waals surface area contributed by atoms with Crippen LogP contribution >= 0.6 is 31.1 Å². The zero-order valence-corrected chi connectivity index (χ0v) is 40.2. The van der Waals surface area contributed by atoms with Crippen molar-refractivity contribution in [2.75, 3.05) is 32.8 Å². The summed E-state index contributed by atoms with van der Waals surface area (Å²) in [7, 11) is 2.16. The molecule has 0 saturated heterocycles. The minimum Gasteiger partial charge on any atom is -1.00 e. The zero-order valence-electron chi connectivity index (χ0n) is 35.2. The molecular weight excluding hydrogens is 912 g/mol. The van der Waals surface area contributed by atoms with Gasteiger partial charge in [0.05, 0.1) is 20.4 Å². The van der Waals surface area contributed by atoms with Gasteiger partial charge < -0.3 is 31.4 Å². The van der Waals surface area contributed by atoms with Crippen molar-refractivity contribution < 1.29 is 36.0 Å². The molecule has 0 heterocycles. The van der Waals surface area contributed by atoms with Gasteiger partial charge in [0.2, 0.25) is 0 Å². The van der Waals surface area contributed by atoms with Crippen LogP contribution in [0.3, 0.4) is 0 Å². The molecule has 9 heteroatoms. The Morgan fingerprint density at radius 1 is 0.550 bits per heavy atom. The SMILES string of the molecule is CC=NC.COC(=O)/C(C)=C/CBr.COC(=O)/C(C)=C/C[P+](c1ccccc1)(c1ccccc1)c1ccccc1.[Br-].c1ccc(P(c2ccccc2)c2ccccc2)cc1. The second-order valence-corrected chi connectivity index (χ2v) is 19.2. The number of esters is 2. The lowest BCUT2D eigenvalue weighted by atomic mass is 10.3. The Kier molecular flexibility index (Phi) is 25.2. The predicted molar refractivity (Wildman–Crippen MR) is 261 cm³/mol. The van der Waals surface area contributed by atoms with E-state index in [1.165, 1.54) is 46.0 Å². The molecule has 6 aromatic carbocycles. The highest BCUT2D eigenvalue weighted by molar-refractivity contribution is 9.09. The summed E-state index contributed by atoms with van der Waals surface area (Å²) in [5, 5.41) is 8.79. The number of alkyl halides is 1. The van der Waals surface area contributed by atoms with E-state index in [1.54, 1.807) is 26.3 Å². The molecular formula is C51H55Br2NO4P2. The third-order valence-corrected chi connectivity index (χ3v) is 16.0. The van der Waals surface area contributed by atoms with Crippen LogP contribution in [0.1, 0.15) is 20.8 Å². The van der Waals surface area contributed by atoms with E-state index < -0.39 is 15.2 Å². The first-order valence-electron chi connectivity index (χ1n) is 19.2. The van der Waals surface area contributed by atoms with E-state index in [2.05, 4.69) is 189 Å². The highest BCUT2D eigenvalue weighted by Crippen LogP contribution is 2.55. The number of ether oxygens (including phenoxy) is 2. The maximum Gasteiger partial charge on any atom is 0.333 e. The van der Waals surface area contributed by atoms with E-state index in [0.29, 0.717) is 16.5 Å². The van der Waals surface area contributed by atoms with Crippen LogP contribution < -0.4 is 48.8 Å². The number of aliphatic imine (C=N–C) groups is 1. The molecule has 6 aromatic rings. The molecule has 6 rings (SSSR count). The minimum atomic E-state index is -1.94. The summed E-state index contributed by atoms with van der Waals surface area (Å²) < 4.78 is 9.34. The number of methoxy groups -OCH3 is 2. The number of hydrogen-bond acceptors (Lipinski definition) is 5. The van der Waals surface area contributed by atoms with Gasteiger partial charge in [0.15, 0.2) is 0 Å². The van der Waals surface area contributed by atoms with E-state index in [9.17, 15) is 9.59 Å². The van der Waals surface area contributed by atoms with Crippen LogP contribution in [0.4, 0.5) is 0 Å². The van der Waals surface area contributed by atoms with E-state index in [1.807, 2.05) is 38.1 Å². The van der Waals surface area contributed by atoms with Crippen molar-refractivity contribution in [1.29, 1.82) is 0 Å². The van der Waals surface area contributed by atoms with Gasteiger partial charge in [-0.3, -0.25) is 0 Å². The number of rotatable bonds is 11. The van der Waals surface area contributed by atoms with Gasteiger partial charge in [-0.1, -0.05) is 168 Å². The van der Waals surface area contributed by atoms with Crippen molar-refractivity contribution in [3.63, 3.8) is 0 Å². The van der Waals surface area contributed by atoms with E-state index in [4.69, 9.17) is 4.74 Å². The molecule has 0 aliphatic carbocycles. The summed E-state index contributed by atoms with van der Waals surface area (Å²) in [6, 6.07) is 64.2. The fourth-order valence-corrected chi connectivity index (χ4v) is 12.8. The summed E-state index contributed by atoms with van der Waals surface area (Å²) in [6.07, 6.45) is 6.31. The van der Waals surface area contributed by atoms with Crippen LogP contribution in [0.5, 0.6) is 0 Å². The second-order valence-electron chi connectivity index (χ2n) is 12.8. The molecule has 0 spiro atoms. The average Bonchev–Trinajstić information content (AvgIpc) is 3.31. The minimum absolute atomic E-state index is 0. The number of nitrogens with zero attached hydrogens (tertiary/aromatic N) is 1. The molecule has 0 bridgehead atoms. The second kappa shape index (κ2) is 29.5. The largest absolute Gasteiger partial charge is 1.00 e. The Morgan fingerprint density at radius 3 is 1.07 bits per heavy atom. The molecule has 0 unspecified atom stereocenters. The molecule has 5 nitrogen and oxygen atoms in total. The molecule has 60 heavy (non-hydrogen) atoms. The first-order chi connectivity index (χ1) is 28.8. The van der Waals surface area contributed by atoms with Gasteiger partial charge in [-0.25, -0.2) is 9.59 Å². The number of carbonyl (C=O) groups is 2. The van der Waals surface area contributed by atoms with Crippen LogP contribution in [-0.2, 0) is 19.1 Å². The first-order valence-corrected chi connectivity index (χ1v) is 23.6. The smallest absolute Gasteiger partial charge is 0.333 e. The number of carbonyl (C=O) groups excluding carboxylic acids is 2.